The number of nitrogens with zero attached hydrogens (tertiary/aromatic N) is 1. The van der Waals surface area contributed by atoms with Gasteiger partial charge in [0.25, 0.3) is 0 Å². The first kappa shape index (κ1) is 15.1. The lowest BCUT2D eigenvalue weighted by Gasteiger charge is -2.11. The van der Waals surface area contributed by atoms with Crippen LogP contribution in [0.3, 0.4) is 0 Å². The first-order valence-electron chi connectivity index (χ1n) is 6.97. The lowest BCUT2D eigenvalue weighted by Crippen LogP contribution is -2.23. The smallest absolute Gasteiger partial charge is 0.244 e. The summed E-state index contributed by atoms with van der Waals surface area (Å²) in [6.07, 6.45) is 5.08. The molecule has 1 unspecified atom stereocenters. The van der Waals surface area contributed by atoms with E-state index in [1.54, 1.807) is 6.08 Å². The highest BCUT2D eigenvalue weighted by molar-refractivity contribution is 5.91. The zero-order valence-corrected chi connectivity index (χ0v) is 12.1. The summed E-state index contributed by atoms with van der Waals surface area (Å²) in [4.78, 5) is 11.7. The lowest BCUT2D eigenvalue weighted by molar-refractivity contribution is -0.116. The van der Waals surface area contributed by atoms with Crippen molar-refractivity contribution < 1.29 is 9.90 Å². The van der Waals surface area contributed by atoms with Crippen molar-refractivity contribution in [2.45, 2.75) is 12.5 Å². The number of hydrogen-bond donors (Lipinski definition) is 2. The van der Waals surface area contributed by atoms with Crippen LogP contribution in [0.25, 0.3) is 6.08 Å². The van der Waals surface area contributed by atoms with E-state index in [-0.39, 0.29) is 5.91 Å². The van der Waals surface area contributed by atoms with E-state index in [0.29, 0.717) is 13.0 Å². The summed E-state index contributed by atoms with van der Waals surface area (Å²) in [6.45, 7) is 0.435. The Labute approximate surface area is 124 Å². The van der Waals surface area contributed by atoms with E-state index < -0.39 is 6.10 Å². The van der Waals surface area contributed by atoms with E-state index in [2.05, 4.69) is 5.32 Å². The van der Waals surface area contributed by atoms with Gasteiger partial charge in [0, 0.05) is 31.6 Å². The van der Waals surface area contributed by atoms with Crippen LogP contribution >= 0.6 is 0 Å². The zero-order valence-electron chi connectivity index (χ0n) is 12.1. The first-order valence-corrected chi connectivity index (χ1v) is 6.97. The average molecular weight is 284 g/mol. The molecular weight excluding hydrogens is 264 g/mol. The highest BCUT2D eigenvalue weighted by Gasteiger charge is 2.10. The lowest BCUT2D eigenvalue weighted by atomic mass is 10.2. The number of aryl methyl sites for hydroxylation is 1. The summed E-state index contributed by atoms with van der Waals surface area (Å²) in [7, 11) is 1.89. The molecule has 4 heteroatoms. The van der Waals surface area contributed by atoms with Crippen molar-refractivity contribution in [1.29, 1.82) is 0 Å². The molecule has 110 valence electrons. The summed E-state index contributed by atoms with van der Waals surface area (Å²) in [5.74, 6) is -0.155. The van der Waals surface area contributed by atoms with Crippen LogP contribution in [0.1, 0.15) is 23.8 Å². The molecule has 1 aromatic heterocycles. The van der Waals surface area contributed by atoms with Gasteiger partial charge in [0.1, 0.15) is 0 Å². The fourth-order valence-corrected chi connectivity index (χ4v) is 2.10. The molecule has 0 aliphatic rings. The molecule has 2 aromatic rings. The largest absolute Gasteiger partial charge is 0.387 e. The fourth-order valence-electron chi connectivity index (χ4n) is 2.10. The SMILES string of the molecule is Cn1cccc1C(O)CCNC(=O)C=Cc1ccccc1. The minimum atomic E-state index is -0.566. The van der Waals surface area contributed by atoms with Crippen LogP contribution in [0.5, 0.6) is 0 Å². The molecular formula is C17H20N2O2. The van der Waals surface area contributed by atoms with E-state index in [4.69, 9.17) is 0 Å². The Bertz CT molecular complexity index is 602. The van der Waals surface area contributed by atoms with Gasteiger partial charge in [-0.25, -0.2) is 0 Å². The molecule has 0 fully saturated rings. The van der Waals surface area contributed by atoms with Crippen molar-refractivity contribution >= 4 is 12.0 Å². The molecule has 0 aliphatic carbocycles. The Morgan fingerprint density at radius 2 is 2.05 bits per heavy atom. The molecule has 1 amide bonds. The first-order chi connectivity index (χ1) is 10.2. The number of hydrogen-bond acceptors (Lipinski definition) is 2. The maximum Gasteiger partial charge on any atom is 0.244 e. The van der Waals surface area contributed by atoms with Gasteiger partial charge in [-0.1, -0.05) is 30.3 Å². The van der Waals surface area contributed by atoms with Crippen molar-refractivity contribution in [3.05, 3.63) is 66.0 Å². The number of amides is 1. The van der Waals surface area contributed by atoms with Crippen LogP contribution in [0.4, 0.5) is 0 Å². The van der Waals surface area contributed by atoms with Crippen LogP contribution in [0, 0.1) is 0 Å². The van der Waals surface area contributed by atoms with Crippen molar-refractivity contribution in [1.82, 2.24) is 9.88 Å². The third kappa shape index (κ3) is 4.61. The second kappa shape index (κ2) is 7.45. The van der Waals surface area contributed by atoms with Crippen molar-refractivity contribution in [2.24, 2.45) is 7.05 Å². The molecule has 1 aromatic carbocycles. The van der Waals surface area contributed by atoms with Gasteiger partial charge >= 0.3 is 0 Å². The van der Waals surface area contributed by atoms with E-state index in [1.807, 2.05) is 60.3 Å². The molecule has 0 radical (unpaired) electrons. The zero-order chi connectivity index (χ0) is 15.1. The predicted molar refractivity (Wildman–Crippen MR) is 83.5 cm³/mol. The van der Waals surface area contributed by atoms with Crippen LogP contribution in [0.15, 0.2) is 54.7 Å². The summed E-state index contributed by atoms with van der Waals surface area (Å²) < 4.78 is 1.88. The molecule has 2 N–H and O–H groups in total. The van der Waals surface area contributed by atoms with Gasteiger partial charge in [-0.2, -0.15) is 0 Å². The predicted octanol–water partition coefficient (Wildman–Crippen LogP) is 2.28. The van der Waals surface area contributed by atoms with Crippen LogP contribution in [0.2, 0.25) is 0 Å². The number of aliphatic hydroxyl groups is 1. The Balaban J connectivity index is 1.75. The van der Waals surface area contributed by atoms with Gasteiger partial charge < -0.3 is 15.0 Å². The molecule has 0 spiro atoms. The third-order valence-corrected chi connectivity index (χ3v) is 3.27. The molecule has 4 nitrogen and oxygen atoms in total. The second-order valence-corrected chi connectivity index (χ2v) is 4.88. The number of carbonyl (C=O) groups is 1. The molecule has 0 saturated carbocycles. The molecule has 0 bridgehead atoms. The Kier molecular flexibility index (Phi) is 5.35. The van der Waals surface area contributed by atoms with Gasteiger partial charge in [-0.15, -0.1) is 0 Å². The van der Waals surface area contributed by atoms with Gasteiger partial charge in [0.15, 0.2) is 0 Å². The topological polar surface area (TPSA) is 54.3 Å². The second-order valence-electron chi connectivity index (χ2n) is 4.88. The molecule has 2 rings (SSSR count). The monoisotopic (exact) mass is 284 g/mol. The number of nitrogens with one attached hydrogen (secondary N) is 1. The van der Waals surface area contributed by atoms with Crippen LogP contribution in [-0.4, -0.2) is 22.1 Å². The summed E-state index contributed by atoms with van der Waals surface area (Å²) in [5.41, 5.74) is 1.83. The number of rotatable bonds is 6. The van der Waals surface area contributed by atoms with E-state index >= 15 is 0 Å². The minimum Gasteiger partial charge on any atom is -0.387 e. The summed E-state index contributed by atoms with van der Waals surface area (Å²) in [6, 6.07) is 13.4. The maximum atomic E-state index is 11.7. The van der Waals surface area contributed by atoms with E-state index in [1.165, 1.54) is 6.08 Å². The fraction of sp³-hybridized carbons (Fsp3) is 0.235. The molecule has 1 atom stereocenters. The number of carbonyl (C=O) groups excluding carboxylic acids is 1. The van der Waals surface area contributed by atoms with Crippen molar-refractivity contribution in [3.63, 3.8) is 0 Å². The number of benzene rings is 1. The van der Waals surface area contributed by atoms with Crippen molar-refractivity contribution in [3.8, 4) is 0 Å². The molecule has 1 heterocycles. The van der Waals surface area contributed by atoms with Crippen LogP contribution in [-0.2, 0) is 11.8 Å². The van der Waals surface area contributed by atoms with E-state index in [0.717, 1.165) is 11.3 Å². The van der Waals surface area contributed by atoms with Gasteiger partial charge in [0.2, 0.25) is 5.91 Å². The Morgan fingerprint density at radius 3 is 2.71 bits per heavy atom. The standard InChI is InChI=1S/C17H20N2O2/c1-19-13-5-8-15(19)16(20)11-12-18-17(21)10-9-14-6-3-2-4-7-14/h2-10,13,16,20H,11-12H2,1H3,(H,18,21). The number of aliphatic hydroxyl groups excluding tert-OH is 1. The maximum absolute atomic E-state index is 11.7. The molecule has 0 saturated heterocycles. The summed E-state index contributed by atoms with van der Waals surface area (Å²) >= 11 is 0. The Hall–Kier alpha value is -2.33. The van der Waals surface area contributed by atoms with Gasteiger partial charge in [-0.3, -0.25) is 4.79 Å². The highest BCUT2D eigenvalue weighted by Crippen LogP contribution is 2.15. The highest BCUT2D eigenvalue weighted by atomic mass is 16.3. The van der Waals surface area contributed by atoms with Gasteiger partial charge in [-0.05, 0) is 30.2 Å². The quantitative estimate of drug-likeness (QED) is 0.800. The Morgan fingerprint density at radius 1 is 1.29 bits per heavy atom. The normalized spacial score (nSPS) is 12.5. The van der Waals surface area contributed by atoms with Crippen LogP contribution < -0.4 is 5.32 Å². The number of aromatic nitrogens is 1. The van der Waals surface area contributed by atoms with Gasteiger partial charge in [0.05, 0.1) is 6.10 Å². The summed E-state index contributed by atoms with van der Waals surface area (Å²) in [5, 5.41) is 12.8. The third-order valence-electron chi connectivity index (χ3n) is 3.27. The minimum absolute atomic E-state index is 0.155. The molecule has 21 heavy (non-hydrogen) atoms. The van der Waals surface area contributed by atoms with Crippen molar-refractivity contribution in [2.75, 3.05) is 6.54 Å². The average Bonchev–Trinajstić information content (AvgIpc) is 2.92. The molecule has 0 aliphatic heterocycles. The van der Waals surface area contributed by atoms with E-state index in [9.17, 15) is 9.90 Å².